The van der Waals surface area contributed by atoms with E-state index in [2.05, 4.69) is 13.5 Å². The minimum Gasteiger partial charge on any atom is -0.392 e. The predicted octanol–water partition coefficient (Wildman–Crippen LogP) is 3.33. The molecule has 0 aromatic heterocycles. The molecule has 88 valence electrons. The second kappa shape index (κ2) is 7.64. The van der Waals surface area contributed by atoms with Crippen LogP contribution in [0, 0.1) is 0 Å². The number of allylic oxidation sites excluding steroid dienone is 1. The van der Waals surface area contributed by atoms with Gasteiger partial charge in [0.1, 0.15) is 0 Å². The minimum atomic E-state index is -0.118. The Hall–Kier alpha value is 0.400. The summed E-state index contributed by atoms with van der Waals surface area (Å²) in [5, 5.41) is 11.2. The van der Waals surface area contributed by atoms with Crippen molar-refractivity contribution >= 4 is 23.5 Å². The van der Waals surface area contributed by atoms with Crippen LogP contribution in [0.5, 0.6) is 0 Å². The lowest BCUT2D eigenvalue weighted by atomic mass is 10.1. The third kappa shape index (κ3) is 4.41. The first kappa shape index (κ1) is 13.5. The van der Waals surface area contributed by atoms with Crippen LogP contribution in [0.2, 0.25) is 0 Å². The first-order chi connectivity index (χ1) is 7.29. The summed E-state index contributed by atoms with van der Waals surface area (Å²) >= 11 is 4.00. The Bertz CT molecular complexity index is 184. The van der Waals surface area contributed by atoms with E-state index in [1.807, 2.05) is 29.6 Å². The van der Waals surface area contributed by atoms with Crippen molar-refractivity contribution in [2.75, 3.05) is 11.5 Å². The molecule has 3 unspecified atom stereocenters. The zero-order valence-electron chi connectivity index (χ0n) is 9.52. The van der Waals surface area contributed by atoms with Crippen LogP contribution < -0.4 is 0 Å². The van der Waals surface area contributed by atoms with Crippen molar-refractivity contribution in [3.63, 3.8) is 0 Å². The molecule has 1 heterocycles. The largest absolute Gasteiger partial charge is 0.392 e. The first-order valence-corrected chi connectivity index (χ1v) is 7.91. The van der Waals surface area contributed by atoms with Gasteiger partial charge < -0.3 is 5.11 Å². The molecule has 0 amide bonds. The Balaban J connectivity index is 2.33. The quantitative estimate of drug-likeness (QED) is 0.573. The van der Waals surface area contributed by atoms with E-state index >= 15 is 0 Å². The molecule has 1 fully saturated rings. The van der Waals surface area contributed by atoms with Gasteiger partial charge in [0.2, 0.25) is 0 Å². The molecule has 1 aliphatic rings. The predicted molar refractivity (Wildman–Crippen MR) is 72.8 cm³/mol. The molecule has 1 N–H and O–H groups in total. The van der Waals surface area contributed by atoms with Gasteiger partial charge in [-0.3, -0.25) is 0 Å². The Morgan fingerprint density at radius 2 is 2.20 bits per heavy atom. The van der Waals surface area contributed by atoms with Gasteiger partial charge in [0.05, 0.1) is 6.10 Å². The lowest BCUT2D eigenvalue weighted by molar-refractivity contribution is 0.157. The summed E-state index contributed by atoms with van der Waals surface area (Å²) < 4.78 is 0. The van der Waals surface area contributed by atoms with E-state index in [0.717, 1.165) is 19.3 Å². The molecular weight excluding hydrogens is 224 g/mol. The van der Waals surface area contributed by atoms with Gasteiger partial charge in [0.15, 0.2) is 0 Å². The summed E-state index contributed by atoms with van der Waals surface area (Å²) in [6.07, 6.45) is 6.03. The first-order valence-electron chi connectivity index (χ1n) is 5.81. The van der Waals surface area contributed by atoms with Gasteiger partial charge in [0.25, 0.3) is 0 Å². The summed E-state index contributed by atoms with van der Waals surface area (Å²) in [5.74, 6) is 2.45. The number of hydrogen-bond donors (Lipinski definition) is 1. The zero-order chi connectivity index (χ0) is 11.1. The molecule has 0 aromatic carbocycles. The van der Waals surface area contributed by atoms with Gasteiger partial charge in [-0.1, -0.05) is 13.0 Å². The molecule has 0 spiro atoms. The van der Waals surface area contributed by atoms with Crippen LogP contribution >= 0.6 is 23.5 Å². The molecule has 0 bridgehead atoms. The van der Waals surface area contributed by atoms with E-state index in [4.69, 9.17) is 0 Å². The molecule has 0 aliphatic carbocycles. The molecule has 1 rings (SSSR count). The highest BCUT2D eigenvalue weighted by Gasteiger charge is 2.30. The van der Waals surface area contributed by atoms with Gasteiger partial charge in [-0.15, -0.1) is 6.58 Å². The molecule has 3 heteroatoms. The zero-order valence-corrected chi connectivity index (χ0v) is 11.2. The number of hydrogen-bond acceptors (Lipinski definition) is 3. The number of aliphatic hydroxyl groups excluding tert-OH is 1. The van der Waals surface area contributed by atoms with Crippen LogP contribution in [0.3, 0.4) is 0 Å². The standard InChI is InChI=1S/C12H22OS2/c1-3-5-6-7-10(13)12-11(4-2)14-8-9-15-12/h3,10-13H,1,4-9H2,2H3. The van der Waals surface area contributed by atoms with Crippen LogP contribution in [-0.2, 0) is 0 Å². The highest BCUT2D eigenvalue weighted by Crippen LogP contribution is 2.36. The van der Waals surface area contributed by atoms with Gasteiger partial charge in [-0.05, 0) is 25.7 Å². The maximum absolute atomic E-state index is 10.1. The average Bonchev–Trinajstić information content (AvgIpc) is 2.29. The van der Waals surface area contributed by atoms with Crippen molar-refractivity contribution in [2.24, 2.45) is 0 Å². The smallest absolute Gasteiger partial charge is 0.0669 e. The maximum Gasteiger partial charge on any atom is 0.0669 e. The van der Waals surface area contributed by atoms with Gasteiger partial charge >= 0.3 is 0 Å². The molecule has 15 heavy (non-hydrogen) atoms. The van der Waals surface area contributed by atoms with E-state index in [9.17, 15) is 5.11 Å². The molecule has 1 nitrogen and oxygen atoms in total. The monoisotopic (exact) mass is 246 g/mol. The molecule has 0 aromatic rings. The van der Waals surface area contributed by atoms with Gasteiger partial charge in [-0.25, -0.2) is 0 Å². The minimum absolute atomic E-state index is 0.118. The highest BCUT2D eigenvalue weighted by atomic mass is 32.2. The van der Waals surface area contributed by atoms with E-state index in [0.29, 0.717) is 10.5 Å². The fourth-order valence-corrected chi connectivity index (χ4v) is 5.12. The lowest BCUT2D eigenvalue weighted by Gasteiger charge is -2.33. The summed E-state index contributed by atoms with van der Waals surface area (Å²) in [6.45, 7) is 5.94. The Labute approximate surface area is 102 Å². The van der Waals surface area contributed by atoms with Crippen molar-refractivity contribution in [2.45, 2.75) is 49.2 Å². The van der Waals surface area contributed by atoms with E-state index < -0.39 is 0 Å². The summed E-state index contributed by atoms with van der Waals surface area (Å²) in [5.41, 5.74) is 0. The van der Waals surface area contributed by atoms with Gasteiger partial charge in [0, 0.05) is 22.0 Å². The van der Waals surface area contributed by atoms with Crippen molar-refractivity contribution in [1.29, 1.82) is 0 Å². The molecular formula is C12H22OS2. The molecule has 1 saturated heterocycles. The van der Waals surface area contributed by atoms with Crippen LogP contribution in [0.25, 0.3) is 0 Å². The molecule has 3 atom stereocenters. The second-order valence-corrected chi connectivity index (χ2v) is 6.57. The Kier molecular flexibility index (Phi) is 6.86. The fourth-order valence-electron chi connectivity index (χ4n) is 1.93. The van der Waals surface area contributed by atoms with Crippen molar-refractivity contribution in [1.82, 2.24) is 0 Å². The van der Waals surface area contributed by atoms with Crippen molar-refractivity contribution in [3.05, 3.63) is 12.7 Å². The van der Waals surface area contributed by atoms with Crippen LogP contribution in [0.4, 0.5) is 0 Å². The maximum atomic E-state index is 10.1. The van der Waals surface area contributed by atoms with Crippen molar-refractivity contribution < 1.29 is 5.11 Å². The second-order valence-electron chi connectivity index (χ2n) is 3.94. The highest BCUT2D eigenvalue weighted by molar-refractivity contribution is 8.07. The topological polar surface area (TPSA) is 20.2 Å². The molecule has 1 aliphatic heterocycles. The number of unbranched alkanes of at least 4 members (excludes halogenated alkanes) is 1. The SMILES string of the molecule is C=CCCCC(O)C1SCCSC1CC. The summed E-state index contributed by atoms with van der Waals surface area (Å²) in [7, 11) is 0. The third-order valence-electron chi connectivity index (χ3n) is 2.78. The lowest BCUT2D eigenvalue weighted by Crippen LogP contribution is -2.35. The third-order valence-corrected chi connectivity index (χ3v) is 6.17. The number of aliphatic hydroxyl groups is 1. The Morgan fingerprint density at radius 1 is 1.47 bits per heavy atom. The van der Waals surface area contributed by atoms with E-state index in [-0.39, 0.29) is 6.10 Å². The van der Waals surface area contributed by atoms with Crippen LogP contribution in [0.15, 0.2) is 12.7 Å². The number of rotatable bonds is 6. The van der Waals surface area contributed by atoms with Crippen molar-refractivity contribution in [3.8, 4) is 0 Å². The normalized spacial score (nSPS) is 28.7. The molecule has 0 radical (unpaired) electrons. The number of thioether (sulfide) groups is 2. The van der Waals surface area contributed by atoms with E-state index in [1.54, 1.807) is 0 Å². The van der Waals surface area contributed by atoms with Gasteiger partial charge in [-0.2, -0.15) is 23.5 Å². The Morgan fingerprint density at radius 3 is 2.87 bits per heavy atom. The summed E-state index contributed by atoms with van der Waals surface area (Å²) in [4.78, 5) is 0. The average molecular weight is 246 g/mol. The van der Waals surface area contributed by atoms with Crippen LogP contribution in [0.1, 0.15) is 32.6 Å². The van der Waals surface area contributed by atoms with Crippen LogP contribution in [-0.4, -0.2) is 33.2 Å². The van der Waals surface area contributed by atoms with E-state index in [1.165, 1.54) is 17.9 Å². The fraction of sp³-hybridized carbons (Fsp3) is 0.833. The summed E-state index contributed by atoms with van der Waals surface area (Å²) in [6, 6.07) is 0. The molecule has 0 saturated carbocycles.